The summed E-state index contributed by atoms with van der Waals surface area (Å²) in [6.45, 7) is 1.74. The van der Waals surface area contributed by atoms with Crippen LogP contribution in [0.4, 0.5) is 5.69 Å². The second-order valence-electron chi connectivity index (χ2n) is 5.75. The van der Waals surface area contributed by atoms with Crippen LogP contribution in [0.15, 0.2) is 59.4 Å². The molecule has 0 saturated heterocycles. The zero-order chi connectivity index (χ0) is 18.3. The van der Waals surface area contributed by atoms with Crippen LogP contribution < -0.4 is 5.56 Å². The predicted octanol–water partition coefficient (Wildman–Crippen LogP) is 2.99. The lowest BCUT2D eigenvalue weighted by molar-refractivity contribution is -0.384. The van der Waals surface area contributed by atoms with Gasteiger partial charge in [0.15, 0.2) is 5.65 Å². The van der Waals surface area contributed by atoms with Crippen molar-refractivity contribution in [2.45, 2.75) is 6.92 Å². The first-order chi connectivity index (χ1) is 12.5. The molecule has 128 valence electrons. The average molecular weight is 347 g/mol. The number of nitro benzene ring substituents is 1. The summed E-state index contributed by atoms with van der Waals surface area (Å²) < 4.78 is 1.60. The first-order valence-corrected chi connectivity index (χ1v) is 7.84. The molecule has 26 heavy (non-hydrogen) atoms. The smallest absolute Gasteiger partial charge is 0.270 e. The fraction of sp³-hybridized carbons (Fsp3) is 0.0556. The number of aryl methyl sites for hydroxylation is 1. The quantitative estimate of drug-likeness (QED) is 0.453. The van der Waals surface area contributed by atoms with Gasteiger partial charge in [-0.1, -0.05) is 30.3 Å². The second kappa shape index (κ2) is 5.92. The molecular weight excluding hydrogens is 334 g/mol. The Labute approximate surface area is 146 Å². The molecule has 0 radical (unpaired) electrons. The molecule has 0 fully saturated rings. The van der Waals surface area contributed by atoms with Crippen LogP contribution in [0.2, 0.25) is 0 Å². The van der Waals surface area contributed by atoms with Crippen LogP contribution in [0.5, 0.6) is 0 Å². The van der Waals surface area contributed by atoms with Gasteiger partial charge in [-0.25, -0.2) is 9.67 Å². The number of H-pyrrole nitrogens is 1. The molecule has 4 rings (SSSR count). The Morgan fingerprint density at radius 3 is 2.62 bits per heavy atom. The zero-order valence-corrected chi connectivity index (χ0v) is 13.7. The van der Waals surface area contributed by atoms with Gasteiger partial charge in [0.2, 0.25) is 0 Å². The van der Waals surface area contributed by atoms with Crippen LogP contribution in [0, 0.1) is 17.0 Å². The number of aromatic amines is 1. The highest BCUT2D eigenvalue weighted by Crippen LogP contribution is 2.23. The Balaban J connectivity index is 1.98. The third-order valence-corrected chi connectivity index (χ3v) is 4.04. The summed E-state index contributed by atoms with van der Waals surface area (Å²) >= 11 is 0. The zero-order valence-electron chi connectivity index (χ0n) is 13.7. The molecule has 0 bridgehead atoms. The molecule has 4 aromatic rings. The Bertz CT molecular complexity index is 1190. The van der Waals surface area contributed by atoms with E-state index in [9.17, 15) is 14.9 Å². The minimum absolute atomic E-state index is 0.0713. The summed E-state index contributed by atoms with van der Waals surface area (Å²) in [5.41, 5.74) is 1.78. The SMILES string of the molecule is Cc1nn(-c2ccccc2)c2nc(-c3cccc([N+](=O)[O-])c3)[nH]c(=O)c12. The number of aromatic nitrogens is 4. The van der Waals surface area contributed by atoms with Crippen molar-refractivity contribution in [3.63, 3.8) is 0 Å². The third-order valence-electron chi connectivity index (χ3n) is 4.04. The number of nitrogens with one attached hydrogen (secondary N) is 1. The predicted molar refractivity (Wildman–Crippen MR) is 96.3 cm³/mol. The summed E-state index contributed by atoms with van der Waals surface area (Å²) in [4.78, 5) is 30.3. The first-order valence-electron chi connectivity index (χ1n) is 7.84. The van der Waals surface area contributed by atoms with Gasteiger partial charge in [-0.2, -0.15) is 5.10 Å². The van der Waals surface area contributed by atoms with Gasteiger partial charge >= 0.3 is 0 Å². The standard InChI is InChI=1S/C18H13N5O3/c1-11-15-17(22(21-11)13-7-3-2-4-8-13)19-16(20-18(15)24)12-6-5-9-14(10-12)23(25)26/h2-10H,1H3,(H,19,20,24). The molecule has 8 nitrogen and oxygen atoms in total. The summed E-state index contributed by atoms with van der Waals surface area (Å²) in [6, 6.07) is 15.3. The summed E-state index contributed by atoms with van der Waals surface area (Å²) in [7, 11) is 0. The van der Waals surface area contributed by atoms with Crippen molar-refractivity contribution in [1.29, 1.82) is 0 Å². The molecule has 0 aliphatic rings. The first kappa shape index (κ1) is 15.7. The molecule has 2 aromatic heterocycles. The highest BCUT2D eigenvalue weighted by Gasteiger charge is 2.17. The minimum atomic E-state index is -0.488. The maximum Gasteiger partial charge on any atom is 0.270 e. The van der Waals surface area contributed by atoms with Crippen LogP contribution in [-0.4, -0.2) is 24.7 Å². The molecule has 2 aromatic carbocycles. The van der Waals surface area contributed by atoms with E-state index in [1.165, 1.54) is 12.1 Å². The van der Waals surface area contributed by atoms with Crippen molar-refractivity contribution in [1.82, 2.24) is 19.7 Å². The number of nitrogens with zero attached hydrogens (tertiary/aromatic N) is 4. The lowest BCUT2D eigenvalue weighted by Crippen LogP contribution is -2.10. The molecule has 0 aliphatic carbocycles. The van der Waals surface area contributed by atoms with Gasteiger partial charge in [-0.05, 0) is 19.1 Å². The lowest BCUT2D eigenvalue weighted by Gasteiger charge is -2.04. The van der Waals surface area contributed by atoms with Crippen LogP contribution >= 0.6 is 0 Å². The molecule has 0 unspecified atom stereocenters. The van der Waals surface area contributed by atoms with Gasteiger partial charge < -0.3 is 4.98 Å². The number of rotatable bonds is 3. The number of fused-ring (bicyclic) bond motifs is 1. The molecule has 0 atom stereocenters. The molecule has 8 heteroatoms. The van der Waals surface area contributed by atoms with E-state index in [1.807, 2.05) is 30.3 Å². The van der Waals surface area contributed by atoms with E-state index in [4.69, 9.17) is 0 Å². The second-order valence-corrected chi connectivity index (χ2v) is 5.75. The van der Waals surface area contributed by atoms with Crippen molar-refractivity contribution >= 4 is 16.7 Å². The van der Waals surface area contributed by atoms with E-state index in [0.717, 1.165) is 5.69 Å². The topological polar surface area (TPSA) is 107 Å². The molecule has 0 spiro atoms. The van der Waals surface area contributed by atoms with Gasteiger partial charge in [0, 0.05) is 17.7 Å². The van der Waals surface area contributed by atoms with Crippen LogP contribution in [0.3, 0.4) is 0 Å². The van der Waals surface area contributed by atoms with Crippen molar-refractivity contribution in [3.05, 3.63) is 80.8 Å². The van der Waals surface area contributed by atoms with E-state index < -0.39 is 4.92 Å². The number of hydrogen-bond acceptors (Lipinski definition) is 5. The highest BCUT2D eigenvalue weighted by atomic mass is 16.6. The van der Waals surface area contributed by atoms with Gasteiger partial charge in [-0.3, -0.25) is 14.9 Å². The van der Waals surface area contributed by atoms with Crippen molar-refractivity contribution in [2.24, 2.45) is 0 Å². The number of non-ortho nitro benzene ring substituents is 1. The van der Waals surface area contributed by atoms with Crippen LogP contribution in [-0.2, 0) is 0 Å². The Morgan fingerprint density at radius 1 is 1.12 bits per heavy atom. The van der Waals surface area contributed by atoms with E-state index in [-0.39, 0.29) is 17.1 Å². The average Bonchev–Trinajstić information content (AvgIpc) is 2.99. The maximum absolute atomic E-state index is 12.6. The van der Waals surface area contributed by atoms with E-state index in [1.54, 1.807) is 23.7 Å². The third kappa shape index (κ3) is 2.53. The molecule has 0 saturated carbocycles. The fourth-order valence-electron chi connectivity index (χ4n) is 2.84. The summed E-state index contributed by atoms with van der Waals surface area (Å²) in [5, 5.41) is 15.8. The van der Waals surface area contributed by atoms with Crippen molar-refractivity contribution in [3.8, 4) is 17.1 Å². The normalized spacial score (nSPS) is 11.0. The van der Waals surface area contributed by atoms with E-state index in [2.05, 4.69) is 15.1 Å². The van der Waals surface area contributed by atoms with Crippen LogP contribution in [0.1, 0.15) is 5.69 Å². The molecule has 2 heterocycles. The Hall–Kier alpha value is -3.81. The largest absolute Gasteiger partial charge is 0.306 e. The number of nitro groups is 1. The molecule has 1 N–H and O–H groups in total. The fourth-order valence-corrected chi connectivity index (χ4v) is 2.84. The summed E-state index contributed by atoms with van der Waals surface area (Å²) in [5.74, 6) is 0.253. The Kier molecular flexibility index (Phi) is 3.58. The van der Waals surface area contributed by atoms with Crippen molar-refractivity contribution < 1.29 is 4.92 Å². The minimum Gasteiger partial charge on any atom is -0.306 e. The lowest BCUT2D eigenvalue weighted by atomic mass is 10.2. The van der Waals surface area contributed by atoms with E-state index >= 15 is 0 Å². The van der Waals surface area contributed by atoms with Crippen molar-refractivity contribution in [2.75, 3.05) is 0 Å². The highest BCUT2D eigenvalue weighted by molar-refractivity contribution is 5.80. The summed E-state index contributed by atoms with van der Waals surface area (Å²) in [6.07, 6.45) is 0. The Morgan fingerprint density at radius 2 is 1.88 bits per heavy atom. The van der Waals surface area contributed by atoms with Gasteiger partial charge in [0.25, 0.3) is 11.2 Å². The molecular formula is C18H13N5O3. The monoisotopic (exact) mass is 347 g/mol. The van der Waals surface area contributed by atoms with Gasteiger partial charge in [0.05, 0.1) is 16.3 Å². The van der Waals surface area contributed by atoms with Gasteiger partial charge in [0.1, 0.15) is 11.2 Å². The van der Waals surface area contributed by atoms with E-state index in [0.29, 0.717) is 22.3 Å². The molecule has 0 amide bonds. The van der Waals surface area contributed by atoms with Gasteiger partial charge in [-0.15, -0.1) is 0 Å². The number of hydrogen-bond donors (Lipinski definition) is 1. The maximum atomic E-state index is 12.6. The molecule has 0 aliphatic heterocycles. The van der Waals surface area contributed by atoms with Crippen LogP contribution in [0.25, 0.3) is 28.1 Å². The number of para-hydroxylation sites is 1. The number of benzene rings is 2.